The van der Waals surface area contributed by atoms with Crippen LogP contribution in [0.15, 0.2) is 48.8 Å². The van der Waals surface area contributed by atoms with Crippen LogP contribution < -0.4 is 5.32 Å². The number of aromatic nitrogens is 2. The van der Waals surface area contributed by atoms with Gasteiger partial charge in [0, 0.05) is 30.3 Å². The van der Waals surface area contributed by atoms with Gasteiger partial charge in [0.25, 0.3) is 0 Å². The van der Waals surface area contributed by atoms with Gasteiger partial charge in [-0.15, -0.1) is 0 Å². The monoisotopic (exact) mass is 341 g/mol. The first-order valence-corrected chi connectivity index (χ1v) is 8.69. The summed E-state index contributed by atoms with van der Waals surface area (Å²) in [5.74, 6) is 0.347. The van der Waals surface area contributed by atoms with Crippen LogP contribution in [0.5, 0.6) is 0 Å². The molecule has 0 aliphatic rings. The van der Waals surface area contributed by atoms with Gasteiger partial charge in [-0.3, -0.25) is 9.97 Å². The Kier molecular flexibility index (Phi) is 6.92. The summed E-state index contributed by atoms with van der Waals surface area (Å²) in [5, 5.41) is 2.84. The quantitative estimate of drug-likeness (QED) is 0.832. The third-order valence-electron chi connectivity index (χ3n) is 3.67. The molecule has 5 heteroatoms. The lowest BCUT2D eigenvalue weighted by Gasteiger charge is -2.21. The minimum Gasteiger partial charge on any atom is -0.444 e. The highest BCUT2D eigenvalue weighted by Gasteiger charge is 2.17. The fourth-order valence-corrected chi connectivity index (χ4v) is 2.60. The van der Waals surface area contributed by atoms with Crippen molar-refractivity contribution in [3.63, 3.8) is 0 Å². The van der Waals surface area contributed by atoms with E-state index in [1.54, 1.807) is 0 Å². The number of amides is 1. The van der Waals surface area contributed by atoms with Crippen LogP contribution in [-0.4, -0.2) is 28.2 Å². The minimum absolute atomic E-state index is 0.347. The van der Waals surface area contributed by atoms with Crippen molar-refractivity contribution in [1.82, 2.24) is 15.3 Å². The number of hydrogen-bond donors (Lipinski definition) is 1. The molecule has 0 radical (unpaired) electrons. The zero-order valence-electron chi connectivity index (χ0n) is 15.2. The predicted octanol–water partition coefficient (Wildman–Crippen LogP) is 3.79. The van der Waals surface area contributed by atoms with Crippen LogP contribution in [0.1, 0.15) is 38.6 Å². The predicted molar refractivity (Wildman–Crippen MR) is 98.2 cm³/mol. The first kappa shape index (κ1) is 18.9. The molecule has 0 saturated heterocycles. The Morgan fingerprint density at radius 1 is 1.04 bits per heavy atom. The second kappa shape index (κ2) is 9.16. The van der Waals surface area contributed by atoms with E-state index in [4.69, 9.17) is 4.74 Å². The highest BCUT2D eigenvalue weighted by molar-refractivity contribution is 5.67. The first-order valence-electron chi connectivity index (χ1n) is 8.69. The second-order valence-electron chi connectivity index (χ2n) is 7.13. The Morgan fingerprint density at radius 2 is 1.60 bits per heavy atom. The van der Waals surface area contributed by atoms with E-state index in [-0.39, 0.29) is 6.09 Å². The van der Waals surface area contributed by atoms with Crippen molar-refractivity contribution in [2.75, 3.05) is 6.54 Å². The van der Waals surface area contributed by atoms with Crippen molar-refractivity contribution >= 4 is 6.09 Å². The molecule has 1 amide bonds. The Bertz CT molecular complexity index is 597. The van der Waals surface area contributed by atoms with Gasteiger partial charge in [0.05, 0.1) is 0 Å². The van der Waals surface area contributed by atoms with E-state index in [2.05, 4.69) is 15.3 Å². The number of hydrogen-bond acceptors (Lipinski definition) is 4. The fourth-order valence-electron chi connectivity index (χ4n) is 2.60. The average molecular weight is 341 g/mol. The van der Waals surface area contributed by atoms with Crippen molar-refractivity contribution < 1.29 is 9.53 Å². The topological polar surface area (TPSA) is 64.1 Å². The highest BCUT2D eigenvalue weighted by atomic mass is 16.6. The zero-order chi connectivity index (χ0) is 18.1. The van der Waals surface area contributed by atoms with Crippen molar-refractivity contribution in [1.29, 1.82) is 0 Å². The van der Waals surface area contributed by atoms with Gasteiger partial charge in [-0.05, 0) is 70.2 Å². The van der Waals surface area contributed by atoms with Crippen LogP contribution in [0.25, 0.3) is 0 Å². The van der Waals surface area contributed by atoms with Crippen molar-refractivity contribution in [2.24, 2.45) is 5.92 Å². The number of ether oxygens (including phenoxy) is 1. The minimum atomic E-state index is -0.481. The van der Waals surface area contributed by atoms with Crippen LogP contribution in [0.3, 0.4) is 0 Å². The third-order valence-corrected chi connectivity index (χ3v) is 3.67. The van der Waals surface area contributed by atoms with E-state index in [0.717, 1.165) is 30.7 Å². The standard InChI is InChI=1S/C20H27N3O2/c1-20(2,3)25-19(24)23-13-10-16(14-17-8-4-6-11-21-17)15-18-9-5-7-12-22-18/h4-9,11-12,16H,10,13-15H2,1-3H3,(H,23,24). The summed E-state index contributed by atoms with van der Waals surface area (Å²) in [6, 6.07) is 11.9. The van der Waals surface area contributed by atoms with E-state index in [0.29, 0.717) is 12.5 Å². The molecule has 0 fully saturated rings. The molecule has 25 heavy (non-hydrogen) atoms. The molecular weight excluding hydrogens is 314 g/mol. The average Bonchev–Trinajstić information content (AvgIpc) is 2.55. The van der Waals surface area contributed by atoms with Gasteiger partial charge in [0.2, 0.25) is 0 Å². The van der Waals surface area contributed by atoms with E-state index in [1.165, 1.54) is 0 Å². The molecule has 0 spiro atoms. The second-order valence-corrected chi connectivity index (χ2v) is 7.13. The summed E-state index contributed by atoms with van der Waals surface area (Å²) in [6.07, 6.45) is 5.80. The lowest BCUT2D eigenvalue weighted by atomic mass is 9.93. The molecule has 0 atom stereocenters. The van der Waals surface area contributed by atoms with Gasteiger partial charge >= 0.3 is 6.09 Å². The summed E-state index contributed by atoms with van der Waals surface area (Å²) >= 11 is 0. The molecule has 0 unspecified atom stereocenters. The van der Waals surface area contributed by atoms with Gasteiger partial charge in [-0.25, -0.2) is 4.79 Å². The third kappa shape index (κ3) is 7.79. The molecule has 2 rings (SSSR count). The lowest BCUT2D eigenvalue weighted by Crippen LogP contribution is -2.33. The fraction of sp³-hybridized carbons (Fsp3) is 0.450. The van der Waals surface area contributed by atoms with Gasteiger partial charge < -0.3 is 10.1 Å². The summed E-state index contributed by atoms with van der Waals surface area (Å²) in [6.45, 7) is 6.14. The first-order chi connectivity index (χ1) is 11.9. The number of nitrogens with zero attached hydrogens (tertiary/aromatic N) is 2. The molecular formula is C20H27N3O2. The van der Waals surface area contributed by atoms with Crippen LogP contribution in [-0.2, 0) is 17.6 Å². The van der Waals surface area contributed by atoms with Crippen molar-refractivity contribution in [2.45, 2.75) is 45.6 Å². The molecule has 0 bridgehead atoms. The number of carbonyl (C=O) groups is 1. The smallest absolute Gasteiger partial charge is 0.407 e. The van der Waals surface area contributed by atoms with E-state index >= 15 is 0 Å². The number of pyridine rings is 2. The normalized spacial score (nSPS) is 11.4. The number of carbonyl (C=O) groups excluding carboxylic acids is 1. The van der Waals surface area contributed by atoms with Gasteiger partial charge in [-0.1, -0.05) is 12.1 Å². The van der Waals surface area contributed by atoms with Gasteiger partial charge in [0.15, 0.2) is 0 Å². The molecule has 2 aromatic rings. The summed E-state index contributed by atoms with van der Waals surface area (Å²) in [7, 11) is 0. The molecule has 5 nitrogen and oxygen atoms in total. The molecule has 0 saturated carbocycles. The zero-order valence-corrected chi connectivity index (χ0v) is 15.2. The summed E-state index contributed by atoms with van der Waals surface area (Å²) in [4.78, 5) is 20.6. The maximum absolute atomic E-state index is 11.8. The number of nitrogens with one attached hydrogen (secondary N) is 1. The largest absolute Gasteiger partial charge is 0.444 e. The summed E-state index contributed by atoms with van der Waals surface area (Å²) < 4.78 is 5.28. The Morgan fingerprint density at radius 3 is 2.04 bits per heavy atom. The SMILES string of the molecule is CC(C)(C)OC(=O)NCCC(Cc1ccccn1)Cc1ccccn1. The van der Waals surface area contributed by atoms with Crippen molar-refractivity contribution in [3.8, 4) is 0 Å². The lowest BCUT2D eigenvalue weighted by molar-refractivity contribution is 0.0525. The van der Waals surface area contributed by atoms with Crippen LogP contribution in [0.4, 0.5) is 4.79 Å². The molecule has 0 aliphatic heterocycles. The van der Waals surface area contributed by atoms with Gasteiger partial charge in [-0.2, -0.15) is 0 Å². The van der Waals surface area contributed by atoms with E-state index in [1.807, 2.05) is 69.6 Å². The Balaban J connectivity index is 1.91. The van der Waals surface area contributed by atoms with Crippen molar-refractivity contribution in [3.05, 3.63) is 60.2 Å². The van der Waals surface area contributed by atoms with Gasteiger partial charge in [0.1, 0.15) is 5.60 Å². The molecule has 0 aliphatic carbocycles. The highest BCUT2D eigenvalue weighted by Crippen LogP contribution is 2.16. The summed E-state index contributed by atoms with van der Waals surface area (Å²) in [5.41, 5.74) is 1.63. The molecule has 0 aromatic carbocycles. The van der Waals surface area contributed by atoms with E-state index < -0.39 is 5.60 Å². The molecule has 2 heterocycles. The van der Waals surface area contributed by atoms with E-state index in [9.17, 15) is 4.79 Å². The molecule has 2 aromatic heterocycles. The maximum Gasteiger partial charge on any atom is 0.407 e. The van der Waals surface area contributed by atoms with Crippen LogP contribution >= 0.6 is 0 Å². The number of alkyl carbamates (subject to hydrolysis) is 1. The Labute approximate surface area is 149 Å². The molecule has 134 valence electrons. The number of rotatable bonds is 7. The Hall–Kier alpha value is -2.43. The molecule has 1 N–H and O–H groups in total. The van der Waals surface area contributed by atoms with Crippen LogP contribution in [0.2, 0.25) is 0 Å². The maximum atomic E-state index is 11.8. The van der Waals surface area contributed by atoms with Crippen LogP contribution in [0, 0.1) is 5.92 Å².